The molecule has 0 bridgehead atoms. The van der Waals surface area contributed by atoms with Crippen molar-refractivity contribution in [3.63, 3.8) is 0 Å². The van der Waals surface area contributed by atoms with Crippen molar-refractivity contribution >= 4 is 50.5 Å². The lowest BCUT2D eigenvalue weighted by atomic mass is 9.90. The van der Waals surface area contributed by atoms with Crippen molar-refractivity contribution in [1.82, 2.24) is 20.0 Å². The Bertz CT molecular complexity index is 1260. The van der Waals surface area contributed by atoms with E-state index in [4.69, 9.17) is 28.3 Å². The molecular formula is C24H21BrCl2N4S. The molecule has 164 valence electrons. The summed E-state index contributed by atoms with van der Waals surface area (Å²) in [6.45, 7) is 2.09. The third-order valence-corrected chi connectivity index (χ3v) is 8.13. The quantitative estimate of drug-likeness (QED) is 0.257. The molecule has 5 rings (SSSR count). The highest BCUT2D eigenvalue weighted by atomic mass is 79.9. The van der Waals surface area contributed by atoms with E-state index in [2.05, 4.69) is 45.2 Å². The molecule has 0 aliphatic heterocycles. The van der Waals surface area contributed by atoms with Gasteiger partial charge in [-0.1, -0.05) is 81.9 Å². The highest BCUT2D eigenvalue weighted by Crippen LogP contribution is 2.40. The van der Waals surface area contributed by atoms with E-state index in [1.54, 1.807) is 17.4 Å². The van der Waals surface area contributed by atoms with Gasteiger partial charge in [-0.05, 0) is 50.1 Å². The first-order valence-electron chi connectivity index (χ1n) is 10.7. The second kappa shape index (κ2) is 9.26. The summed E-state index contributed by atoms with van der Waals surface area (Å²) >= 11 is 17.9. The van der Waals surface area contributed by atoms with Crippen LogP contribution in [0.5, 0.6) is 0 Å². The van der Waals surface area contributed by atoms with E-state index in [0.29, 0.717) is 16.0 Å². The Kier molecular flexibility index (Phi) is 6.39. The van der Waals surface area contributed by atoms with E-state index in [1.165, 1.54) is 32.1 Å². The van der Waals surface area contributed by atoms with Gasteiger partial charge in [0.1, 0.15) is 10.7 Å². The van der Waals surface area contributed by atoms with Crippen molar-refractivity contribution in [3.8, 4) is 27.6 Å². The molecule has 0 amide bonds. The van der Waals surface area contributed by atoms with Gasteiger partial charge in [-0.25, -0.2) is 4.68 Å². The van der Waals surface area contributed by atoms with Crippen LogP contribution in [-0.4, -0.2) is 20.0 Å². The van der Waals surface area contributed by atoms with Gasteiger partial charge in [-0.15, -0.1) is 10.2 Å². The number of halogens is 3. The van der Waals surface area contributed by atoms with Crippen molar-refractivity contribution in [2.75, 3.05) is 0 Å². The number of aromatic nitrogens is 4. The lowest BCUT2D eigenvalue weighted by Gasteiger charge is -2.18. The zero-order chi connectivity index (χ0) is 22.2. The van der Waals surface area contributed by atoms with Crippen LogP contribution < -0.4 is 0 Å². The lowest BCUT2D eigenvalue weighted by molar-refractivity contribution is 0.440. The number of benzene rings is 2. The molecule has 0 saturated heterocycles. The van der Waals surface area contributed by atoms with E-state index in [9.17, 15) is 0 Å². The maximum Gasteiger partial charge on any atom is 0.168 e. The minimum atomic E-state index is 0.522. The van der Waals surface area contributed by atoms with Crippen LogP contribution in [0.15, 0.2) is 46.9 Å². The predicted octanol–water partition coefficient (Wildman–Crippen LogP) is 8.48. The van der Waals surface area contributed by atoms with Gasteiger partial charge in [0.2, 0.25) is 0 Å². The molecule has 2 aromatic heterocycles. The summed E-state index contributed by atoms with van der Waals surface area (Å²) in [5.74, 6) is 0.522. The molecule has 2 aromatic carbocycles. The predicted molar refractivity (Wildman–Crippen MR) is 136 cm³/mol. The molecule has 0 atom stereocenters. The smallest absolute Gasteiger partial charge is 0.168 e. The average Bonchev–Trinajstić information content (AvgIpc) is 3.40. The molecule has 1 aliphatic rings. The third kappa shape index (κ3) is 4.26. The minimum absolute atomic E-state index is 0.522. The van der Waals surface area contributed by atoms with Crippen LogP contribution in [0.25, 0.3) is 27.6 Å². The van der Waals surface area contributed by atoms with Crippen molar-refractivity contribution in [3.05, 3.63) is 67.6 Å². The van der Waals surface area contributed by atoms with Gasteiger partial charge in [0.05, 0.1) is 16.4 Å². The van der Waals surface area contributed by atoms with Crippen molar-refractivity contribution < 1.29 is 0 Å². The van der Waals surface area contributed by atoms with Crippen molar-refractivity contribution in [1.29, 1.82) is 0 Å². The highest BCUT2D eigenvalue weighted by Gasteiger charge is 2.25. The fourth-order valence-electron chi connectivity index (χ4n) is 4.32. The normalized spacial score (nSPS) is 14.8. The summed E-state index contributed by atoms with van der Waals surface area (Å²) in [6, 6.07) is 13.7. The average molecular weight is 548 g/mol. The lowest BCUT2D eigenvalue weighted by Crippen LogP contribution is -2.03. The van der Waals surface area contributed by atoms with Crippen molar-refractivity contribution in [2.45, 2.75) is 44.9 Å². The van der Waals surface area contributed by atoms with Gasteiger partial charge in [0, 0.05) is 26.5 Å². The largest absolute Gasteiger partial charge is 0.231 e. The maximum atomic E-state index is 6.58. The molecule has 4 nitrogen and oxygen atoms in total. The van der Waals surface area contributed by atoms with Crippen LogP contribution in [-0.2, 0) is 0 Å². The molecule has 1 saturated carbocycles. The molecule has 1 aliphatic carbocycles. The van der Waals surface area contributed by atoms with Crippen LogP contribution in [0, 0.1) is 6.92 Å². The standard InChI is InChI=1S/C24H21BrCl2N4S/c1-14-21(24-29-28-23(32-24)16-5-3-2-4-6-16)30-31(20-12-11-18(26)13-19(20)27)22(14)15-7-9-17(25)10-8-15/h7-13,16H,2-6H2,1H3. The fraction of sp³-hybridized carbons (Fsp3) is 0.292. The minimum Gasteiger partial charge on any atom is -0.231 e. The number of rotatable bonds is 4. The van der Waals surface area contributed by atoms with Crippen LogP contribution in [0.3, 0.4) is 0 Å². The van der Waals surface area contributed by atoms with Crippen LogP contribution in [0.1, 0.15) is 48.6 Å². The Labute approximate surface area is 209 Å². The summed E-state index contributed by atoms with van der Waals surface area (Å²) in [5.41, 5.74) is 4.69. The van der Waals surface area contributed by atoms with Crippen LogP contribution >= 0.6 is 50.5 Å². The van der Waals surface area contributed by atoms with E-state index in [0.717, 1.165) is 42.7 Å². The van der Waals surface area contributed by atoms with Gasteiger partial charge >= 0.3 is 0 Å². The second-order valence-electron chi connectivity index (χ2n) is 8.12. The first-order valence-corrected chi connectivity index (χ1v) is 13.0. The molecule has 0 radical (unpaired) electrons. The zero-order valence-electron chi connectivity index (χ0n) is 17.5. The van der Waals surface area contributed by atoms with E-state index >= 15 is 0 Å². The molecular weight excluding hydrogens is 527 g/mol. The van der Waals surface area contributed by atoms with Gasteiger partial charge in [-0.3, -0.25) is 0 Å². The highest BCUT2D eigenvalue weighted by molar-refractivity contribution is 9.10. The Morgan fingerprint density at radius 1 is 1.00 bits per heavy atom. The summed E-state index contributed by atoms with van der Waals surface area (Å²) in [6.07, 6.45) is 6.27. The van der Waals surface area contributed by atoms with E-state index < -0.39 is 0 Å². The molecule has 1 fully saturated rings. The first-order chi connectivity index (χ1) is 15.5. The van der Waals surface area contributed by atoms with E-state index in [-0.39, 0.29) is 0 Å². The van der Waals surface area contributed by atoms with Gasteiger partial charge in [0.25, 0.3) is 0 Å². The van der Waals surface area contributed by atoms with Crippen LogP contribution in [0.2, 0.25) is 10.0 Å². The number of hydrogen-bond acceptors (Lipinski definition) is 4. The summed E-state index contributed by atoms with van der Waals surface area (Å²) in [4.78, 5) is 0. The van der Waals surface area contributed by atoms with Gasteiger partial charge < -0.3 is 0 Å². The van der Waals surface area contributed by atoms with E-state index in [1.807, 2.05) is 28.9 Å². The molecule has 4 aromatic rings. The number of hydrogen-bond donors (Lipinski definition) is 0. The Balaban J connectivity index is 1.64. The van der Waals surface area contributed by atoms with Crippen LogP contribution in [0.4, 0.5) is 0 Å². The van der Waals surface area contributed by atoms with Gasteiger partial charge in [-0.2, -0.15) is 5.10 Å². The Morgan fingerprint density at radius 2 is 1.75 bits per heavy atom. The van der Waals surface area contributed by atoms with Crippen molar-refractivity contribution in [2.24, 2.45) is 0 Å². The molecule has 0 N–H and O–H groups in total. The monoisotopic (exact) mass is 546 g/mol. The summed E-state index contributed by atoms with van der Waals surface area (Å²) < 4.78 is 2.92. The topological polar surface area (TPSA) is 43.6 Å². The molecule has 0 spiro atoms. The molecule has 8 heteroatoms. The Morgan fingerprint density at radius 3 is 2.47 bits per heavy atom. The third-order valence-electron chi connectivity index (χ3n) is 5.98. The summed E-state index contributed by atoms with van der Waals surface area (Å²) in [5, 5.41) is 17.2. The SMILES string of the molecule is Cc1c(-c2nnc(C3CCCCC3)s2)nn(-c2ccc(Cl)cc2Cl)c1-c1ccc(Br)cc1. The zero-order valence-corrected chi connectivity index (χ0v) is 21.4. The second-order valence-corrected chi connectivity index (χ2v) is 10.9. The first kappa shape index (κ1) is 22.1. The number of nitrogens with zero attached hydrogens (tertiary/aromatic N) is 4. The molecule has 32 heavy (non-hydrogen) atoms. The molecule has 0 unspecified atom stereocenters. The maximum absolute atomic E-state index is 6.58. The summed E-state index contributed by atoms with van der Waals surface area (Å²) in [7, 11) is 0. The Hall–Kier alpha value is -1.73. The molecule has 2 heterocycles. The van der Waals surface area contributed by atoms with Gasteiger partial charge in [0.15, 0.2) is 5.01 Å². The fourth-order valence-corrected chi connectivity index (χ4v) is 6.13.